The Morgan fingerprint density at radius 2 is 0.872 bits per heavy atom. The fraction of sp³-hybridized carbons (Fsp3) is 0.375. The molecule has 6 nitrogen and oxygen atoms in total. The van der Waals surface area contributed by atoms with E-state index in [4.69, 9.17) is 9.98 Å². The molecule has 0 aromatic heterocycles. The molecule has 0 aliphatic heterocycles. The molecule has 0 aliphatic carbocycles. The zero-order chi connectivity index (χ0) is 28.9. The molecule has 0 heterocycles. The first-order chi connectivity index (χ1) is 17.6. The van der Waals surface area contributed by atoms with E-state index in [0.29, 0.717) is 0 Å². The number of nitrogens with zero attached hydrogens (tertiary/aromatic N) is 2. The van der Waals surface area contributed by atoms with E-state index in [1.807, 2.05) is 41.5 Å². The van der Waals surface area contributed by atoms with E-state index in [0.717, 1.165) is 44.5 Å². The SMILES string of the molecule is CC(=O)C(C=N[C@H](c1c(C)cc(C)cc1C)[C@H](N=CC(C(C)=O)=C(C)[O-])c1c(C)cc(C)cc1C)=C(C)[O-].[Co+2]. The van der Waals surface area contributed by atoms with Crippen molar-refractivity contribution in [2.24, 2.45) is 9.98 Å². The van der Waals surface area contributed by atoms with Gasteiger partial charge in [0.15, 0.2) is 11.6 Å². The van der Waals surface area contributed by atoms with Crippen molar-refractivity contribution in [3.63, 3.8) is 0 Å². The van der Waals surface area contributed by atoms with Crippen molar-refractivity contribution in [1.82, 2.24) is 0 Å². The number of aliphatic imine (C=N–C) groups is 2. The maximum atomic E-state index is 12.2. The summed E-state index contributed by atoms with van der Waals surface area (Å²) in [5.41, 5.74) is 7.95. The predicted molar refractivity (Wildman–Crippen MR) is 151 cm³/mol. The molecular weight excluding hydrogens is 535 g/mol. The monoisotopic (exact) mass is 573 g/mol. The Morgan fingerprint density at radius 3 is 1.08 bits per heavy atom. The first-order valence-corrected chi connectivity index (χ1v) is 12.6. The Kier molecular flexibility index (Phi) is 12.3. The Hall–Kier alpha value is -3.29. The van der Waals surface area contributed by atoms with Crippen LogP contribution in [0.3, 0.4) is 0 Å². The smallest absolute Gasteiger partial charge is 0.875 e. The summed E-state index contributed by atoms with van der Waals surface area (Å²) in [5, 5.41) is 24.4. The Bertz CT molecular complexity index is 1220. The van der Waals surface area contributed by atoms with Gasteiger partial charge in [0.05, 0.1) is 0 Å². The van der Waals surface area contributed by atoms with E-state index < -0.39 is 12.1 Å². The van der Waals surface area contributed by atoms with Gasteiger partial charge < -0.3 is 10.2 Å². The van der Waals surface area contributed by atoms with Crippen LogP contribution < -0.4 is 10.2 Å². The number of hydrogen-bond donors (Lipinski definition) is 0. The van der Waals surface area contributed by atoms with Crippen LogP contribution in [0.4, 0.5) is 0 Å². The van der Waals surface area contributed by atoms with Gasteiger partial charge in [-0.2, -0.15) is 0 Å². The van der Waals surface area contributed by atoms with Crippen molar-refractivity contribution < 1.29 is 36.6 Å². The van der Waals surface area contributed by atoms with Crippen molar-refractivity contribution in [3.8, 4) is 0 Å². The molecular formula is C32H38CoN2O4. The van der Waals surface area contributed by atoms with E-state index in [-0.39, 0.29) is 51.0 Å². The molecule has 0 aliphatic rings. The van der Waals surface area contributed by atoms with Crippen LogP contribution in [0.25, 0.3) is 0 Å². The maximum Gasteiger partial charge on any atom is 2.00 e. The summed E-state index contributed by atoms with van der Waals surface area (Å²) in [6, 6.07) is 6.96. The molecule has 0 saturated heterocycles. The van der Waals surface area contributed by atoms with Crippen LogP contribution in [-0.4, -0.2) is 24.0 Å². The average Bonchev–Trinajstić information content (AvgIpc) is 2.74. The fourth-order valence-corrected chi connectivity index (χ4v) is 5.11. The van der Waals surface area contributed by atoms with Gasteiger partial charge in [0, 0.05) is 23.6 Å². The molecule has 0 unspecified atom stereocenters. The number of benzene rings is 2. The van der Waals surface area contributed by atoms with E-state index in [2.05, 4.69) is 24.3 Å². The topological polar surface area (TPSA) is 105 Å². The molecule has 0 fully saturated rings. The van der Waals surface area contributed by atoms with E-state index in [9.17, 15) is 19.8 Å². The van der Waals surface area contributed by atoms with Gasteiger partial charge in [-0.05, 0) is 88.8 Å². The molecule has 2 aromatic rings. The van der Waals surface area contributed by atoms with Crippen molar-refractivity contribution in [3.05, 3.63) is 91.4 Å². The molecule has 209 valence electrons. The standard InChI is InChI=1S/C32H40N2O4.Co/c1-17-11-19(3)29(20(4)12-17)31(33-15-27(23(7)35)24(8)36)32(34-16-28(25(9)37)26(10)38)30-21(5)13-18(2)14-22(30)6;/h11-16,31-32,35,37H,1-10H3;/q;+2/p-2/t31-,32-;/m1./s1. The first kappa shape index (κ1) is 33.7. The van der Waals surface area contributed by atoms with E-state index >= 15 is 0 Å². The molecule has 0 amide bonds. The number of carbonyl (C=O) groups is 2. The third-order valence-electron chi connectivity index (χ3n) is 6.61. The third-order valence-corrected chi connectivity index (χ3v) is 6.61. The van der Waals surface area contributed by atoms with Gasteiger partial charge in [-0.15, -0.1) is 11.5 Å². The molecule has 0 N–H and O–H groups in total. The van der Waals surface area contributed by atoms with Crippen LogP contribution in [0.2, 0.25) is 0 Å². The van der Waals surface area contributed by atoms with Crippen LogP contribution in [-0.2, 0) is 26.4 Å². The minimum atomic E-state index is -0.638. The van der Waals surface area contributed by atoms with Gasteiger partial charge in [0.2, 0.25) is 0 Å². The molecule has 0 spiro atoms. The summed E-state index contributed by atoms with van der Waals surface area (Å²) in [5.74, 6) is -1.49. The molecule has 0 saturated carbocycles. The zero-order valence-electron chi connectivity index (χ0n) is 24.5. The first-order valence-electron chi connectivity index (χ1n) is 12.6. The molecule has 2 aromatic carbocycles. The summed E-state index contributed by atoms with van der Waals surface area (Å²) in [7, 11) is 0. The molecule has 1 radical (unpaired) electrons. The second kappa shape index (κ2) is 14.2. The second-order valence-electron chi connectivity index (χ2n) is 10.1. The molecule has 7 heteroatoms. The number of allylic oxidation sites excluding steroid dienone is 4. The van der Waals surface area contributed by atoms with Crippen molar-refractivity contribution in [2.75, 3.05) is 0 Å². The van der Waals surface area contributed by atoms with Crippen LogP contribution in [0, 0.1) is 41.5 Å². The average molecular weight is 574 g/mol. The quantitative estimate of drug-likeness (QED) is 0.242. The minimum absolute atomic E-state index is 0. The van der Waals surface area contributed by atoms with Gasteiger partial charge in [-0.3, -0.25) is 19.6 Å². The number of rotatable bonds is 9. The molecule has 39 heavy (non-hydrogen) atoms. The number of carbonyl (C=O) groups excluding carboxylic acids is 2. The number of Topliss-reactive ketones (excluding diaryl/α,β-unsaturated/α-hetero) is 2. The number of aryl methyl sites for hydroxylation is 6. The second-order valence-corrected chi connectivity index (χ2v) is 10.1. The largest absolute Gasteiger partial charge is 2.00 e. The van der Waals surface area contributed by atoms with Crippen LogP contribution in [0.5, 0.6) is 0 Å². The Morgan fingerprint density at radius 1 is 0.615 bits per heavy atom. The molecule has 0 bridgehead atoms. The van der Waals surface area contributed by atoms with E-state index in [1.165, 1.54) is 40.1 Å². The summed E-state index contributed by atoms with van der Waals surface area (Å²) in [6.45, 7) is 17.4. The summed E-state index contributed by atoms with van der Waals surface area (Å²) >= 11 is 0. The Balaban J connectivity index is 0.00000760. The third kappa shape index (κ3) is 8.34. The minimum Gasteiger partial charge on any atom is -0.875 e. The van der Waals surface area contributed by atoms with Gasteiger partial charge in [0.1, 0.15) is 12.1 Å². The van der Waals surface area contributed by atoms with Gasteiger partial charge in [-0.25, -0.2) is 0 Å². The van der Waals surface area contributed by atoms with Crippen molar-refractivity contribution in [1.29, 1.82) is 0 Å². The van der Waals surface area contributed by atoms with Crippen molar-refractivity contribution in [2.45, 2.75) is 81.3 Å². The Labute approximate surface area is 242 Å². The normalized spacial score (nSPS) is 14.5. The summed E-state index contributed by atoms with van der Waals surface area (Å²) < 4.78 is 0. The maximum absolute atomic E-state index is 12.2. The van der Waals surface area contributed by atoms with Gasteiger partial charge in [0.25, 0.3) is 0 Å². The number of ketones is 2. The van der Waals surface area contributed by atoms with Crippen LogP contribution in [0.1, 0.15) is 84.3 Å². The predicted octanol–water partition coefficient (Wildman–Crippen LogP) is 4.91. The number of hydrogen-bond acceptors (Lipinski definition) is 6. The summed E-state index contributed by atoms with van der Waals surface area (Å²) in [4.78, 5) is 34.1. The fourth-order valence-electron chi connectivity index (χ4n) is 5.11. The van der Waals surface area contributed by atoms with Gasteiger partial charge >= 0.3 is 16.8 Å². The molecule has 2 rings (SSSR count). The molecule has 2 atom stereocenters. The van der Waals surface area contributed by atoms with E-state index in [1.54, 1.807) is 0 Å². The van der Waals surface area contributed by atoms with Crippen LogP contribution in [0.15, 0.2) is 56.9 Å². The zero-order valence-corrected chi connectivity index (χ0v) is 25.5. The van der Waals surface area contributed by atoms with Gasteiger partial charge in [-0.1, -0.05) is 49.2 Å². The summed E-state index contributed by atoms with van der Waals surface area (Å²) in [6.07, 6.45) is 2.69. The van der Waals surface area contributed by atoms with Crippen LogP contribution >= 0.6 is 0 Å². The van der Waals surface area contributed by atoms with Crippen molar-refractivity contribution >= 4 is 24.0 Å².